The van der Waals surface area contributed by atoms with Gasteiger partial charge in [-0.1, -0.05) is 48.5 Å². The van der Waals surface area contributed by atoms with Crippen LogP contribution in [0.15, 0.2) is 72.9 Å². The third-order valence-corrected chi connectivity index (χ3v) is 4.74. The first-order chi connectivity index (χ1) is 14.0. The zero-order chi connectivity index (χ0) is 20.6. The molecule has 0 spiro atoms. The van der Waals surface area contributed by atoms with Gasteiger partial charge in [0.15, 0.2) is 0 Å². The van der Waals surface area contributed by atoms with Crippen LogP contribution in [-0.4, -0.2) is 28.1 Å². The number of halogens is 1. The van der Waals surface area contributed by atoms with Crippen LogP contribution >= 0.6 is 0 Å². The van der Waals surface area contributed by atoms with Gasteiger partial charge in [-0.2, -0.15) is 0 Å². The maximum absolute atomic E-state index is 13.8. The van der Waals surface area contributed by atoms with Gasteiger partial charge in [-0.25, -0.2) is 4.39 Å². The quantitative estimate of drug-likeness (QED) is 0.549. The molecule has 0 saturated carbocycles. The van der Waals surface area contributed by atoms with Crippen molar-refractivity contribution in [1.82, 2.24) is 10.3 Å². The van der Waals surface area contributed by atoms with Crippen LogP contribution in [0.5, 0.6) is 0 Å². The lowest BCUT2D eigenvalue weighted by atomic mass is 9.97. The molecule has 29 heavy (non-hydrogen) atoms. The summed E-state index contributed by atoms with van der Waals surface area (Å²) in [5.74, 6) is -0.624. The number of nitrogens with zero attached hydrogens (tertiary/aromatic N) is 1. The molecular formula is C23H24FN3O2. The fourth-order valence-electron chi connectivity index (χ4n) is 3.08. The number of nitrogens with two attached hydrogens (primary N) is 1. The summed E-state index contributed by atoms with van der Waals surface area (Å²) in [5.41, 5.74) is 8.35. The van der Waals surface area contributed by atoms with E-state index in [1.165, 1.54) is 6.07 Å². The first-order valence-corrected chi connectivity index (χ1v) is 9.47. The molecular weight excluding hydrogens is 369 g/mol. The van der Waals surface area contributed by atoms with E-state index in [-0.39, 0.29) is 24.6 Å². The summed E-state index contributed by atoms with van der Waals surface area (Å²) in [7, 11) is 0. The fraction of sp³-hybridized carbons (Fsp3) is 0.217. The molecule has 1 aromatic heterocycles. The lowest BCUT2D eigenvalue weighted by molar-refractivity contribution is 0.0947. The Balaban J connectivity index is 1.64. The molecule has 1 heterocycles. The Hall–Kier alpha value is -3.09. The van der Waals surface area contributed by atoms with Crippen molar-refractivity contribution >= 4 is 5.91 Å². The molecule has 2 atom stereocenters. The van der Waals surface area contributed by atoms with Gasteiger partial charge >= 0.3 is 0 Å². The number of hydrogen-bond donors (Lipinski definition) is 3. The van der Waals surface area contributed by atoms with E-state index >= 15 is 0 Å². The molecule has 0 bridgehead atoms. The largest absolute Gasteiger partial charge is 0.391 e. The van der Waals surface area contributed by atoms with E-state index in [2.05, 4.69) is 10.3 Å². The van der Waals surface area contributed by atoms with Crippen molar-refractivity contribution in [2.45, 2.75) is 31.5 Å². The Kier molecular flexibility index (Phi) is 7.05. The van der Waals surface area contributed by atoms with E-state index < -0.39 is 12.1 Å². The molecule has 0 saturated heterocycles. The van der Waals surface area contributed by atoms with E-state index in [9.17, 15) is 14.3 Å². The number of aromatic nitrogens is 1. The second-order valence-corrected chi connectivity index (χ2v) is 6.90. The van der Waals surface area contributed by atoms with Gasteiger partial charge in [0.25, 0.3) is 5.91 Å². The molecule has 3 rings (SSSR count). The lowest BCUT2D eigenvalue weighted by Gasteiger charge is -2.20. The van der Waals surface area contributed by atoms with E-state index in [0.29, 0.717) is 23.4 Å². The smallest absolute Gasteiger partial charge is 0.253 e. The molecule has 3 aromatic rings. The second kappa shape index (κ2) is 9.91. The zero-order valence-corrected chi connectivity index (χ0v) is 16.0. The van der Waals surface area contributed by atoms with Crippen molar-refractivity contribution in [1.29, 1.82) is 0 Å². The highest BCUT2D eigenvalue weighted by Crippen LogP contribution is 2.14. The fourth-order valence-corrected chi connectivity index (χ4v) is 3.08. The number of amides is 1. The number of aliphatic hydroxyl groups excluding tert-OH is 1. The monoisotopic (exact) mass is 393 g/mol. The third-order valence-electron chi connectivity index (χ3n) is 4.74. The third kappa shape index (κ3) is 5.70. The minimum Gasteiger partial charge on any atom is -0.391 e. The van der Waals surface area contributed by atoms with Crippen LogP contribution in [0.25, 0.3) is 0 Å². The van der Waals surface area contributed by atoms with Crippen LogP contribution in [0.1, 0.15) is 27.2 Å². The zero-order valence-electron chi connectivity index (χ0n) is 16.0. The van der Waals surface area contributed by atoms with E-state index in [1.807, 2.05) is 30.3 Å². The van der Waals surface area contributed by atoms with Crippen LogP contribution in [0.2, 0.25) is 0 Å². The number of carbonyl (C=O) groups is 1. The van der Waals surface area contributed by atoms with Gasteiger partial charge in [0.05, 0.1) is 17.4 Å². The molecule has 5 nitrogen and oxygen atoms in total. The lowest BCUT2D eigenvalue weighted by Crippen LogP contribution is -2.39. The number of benzene rings is 2. The molecule has 0 aliphatic heterocycles. The minimum absolute atomic E-state index is 0.102. The molecule has 2 aromatic carbocycles. The van der Waals surface area contributed by atoms with Crippen LogP contribution in [0, 0.1) is 5.82 Å². The first kappa shape index (κ1) is 20.6. The maximum Gasteiger partial charge on any atom is 0.253 e. The number of rotatable bonds is 8. The number of hydrogen-bond acceptors (Lipinski definition) is 4. The Morgan fingerprint density at radius 2 is 1.76 bits per heavy atom. The van der Waals surface area contributed by atoms with Crippen molar-refractivity contribution < 1.29 is 14.3 Å². The van der Waals surface area contributed by atoms with Crippen molar-refractivity contribution in [3.63, 3.8) is 0 Å². The van der Waals surface area contributed by atoms with E-state index in [1.54, 1.807) is 36.5 Å². The van der Waals surface area contributed by atoms with Gasteiger partial charge in [0.1, 0.15) is 5.82 Å². The first-order valence-electron chi connectivity index (χ1n) is 9.47. The normalized spacial score (nSPS) is 12.9. The van der Waals surface area contributed by atoms with E-state index in [0.717, 1.165) is 5.56 Å². The van der Waals surface area contributed by atoms with Crippen molar-refractivity contribution in [2.75, 3.05) is 0 Å². The molecule has 0 unspecified atom stereocenters. The highest BCUT2D eigenvalue weighted by atomic mass is 19.1. The van der Waals surface area contributed by atoms with Crippen molar-refractivity contribution in [2.24, 2.45) is 5.73 Å². The SMILES string of the molecule is N[C@H](Cc1ccccc1F)[C@@H](O)Cc1ncccc1C(=O)NCc1ccccc1. The van der Waals surface area contributed by atoms with Crippen molar-refractivity contribution in [3.05, 3.63) is 101 Å². The number of carbonyl (C=O) groups excluding carboxylic acids is 1. The minimum atomic E-state index is -0.967. The molecule has 0 aliphatic rings. The Morgan fingerprint density at radius 3 is 2.52 bits per heavy atom. The average molecular weight is 393 g/mol. The number of nitrogens with one attached hydrogen (secondary N) is 1. The van der Waals surface area contributed by atoms with Crippen molar-refractivity contribution in [3.8, 4) is 0 Å². The average Bonchev–Trinajstić information content (AvgIpc) is 2.74. The van der Waals surface area contributed by atoms with Crippen LogP contribution in [-0.2, 0) is 19.4 Å². The molecule has 1 amide bonds. The van der Waals surface area contributed by atoms with Gasteiger partial charge in [0.2, 0.25) is 0 Å². The number of pyridine rings is 1. The summed E-state index contributed by atoms with van der Waals surface area (Å²) in [5, 5.41) is 13.4. The topological polar surface area (TPSA) is 88.2 Å². The summed E-state index contributed by atoms with van der Waals surface area (Å²) in [6.07, 6.45) is 0.893. The van der Waals surface area contributed by atoms with Crippen LogP contribution < -0.4 is 11.1 Å². The summed E-state index contributed by atoms with van der Waals surface area (Å²) < 4.78 is 13.8. The molecule has 6 heteroatoms. The number of aliphatic hydroxyl groups is 1. The van der Waals surface area contributed by atoms with Gasteiger partial charge < -0.3 is 16.2 Å². The van der Waals surface area contributed by atoms with Crippen LogP contribution in [0.4, 0.5) is 4.39 Å². The molecule has 0 aliphatic carbocycles. The highest BCUT2D eigenvalue weighted by Gasteiger charge is 2.21. The van der Waals surface area contributed by atoms with Gasteiger partial charge in [-0.3, -0.25) is 9.78 Å². The predicted octanol–water partition coefficient (Wildman–Crippen LogP) is 2.62. The summed E-state index contributed by atoms with van der Waals surface area (Å²) in [4.78, 5) is 16.9. The molecule has 0 fully saturated rings. The van der Waals surface area contributed by atoms with Gasteiger partial charge in [-0.15, -0.1) is 0 Å². The standard InChI is InChI=1S/C23H24FN3O2/c24-19-11-5-4-9-17(19)13-20(25)22(28)14-21-18(10-6-12-26-21)23(29)27-15-16-7-2-1-3-8-16/h1-12,20,22,28H,13-15,25H2,(H,27,29)/t20-,22+/m1/s1. The Labute approximate surface area is 169 Å². The predicted molar refractivity (Wildman–Crippen MR) is 110 cm³/mol. The summed E-state index contributed by atoms with van der Waals surface area (Å²) in [6, 6.07) is 18.6. The van der Waals surface area contributed by atoms with E-state index in [4.69, 9.17) is 5.73 Å². The molecule has 0 radical (unpaired) electrons. The second-order valence-electron chi connectivity index (χ2n) is 6.90. The van der Waals surface area contributed by atoms with Crippen LogP contribution in [0.3, 0.4) is 0 Å². The maximum atomic E-state index is 13.8. The summed E-state index contributed by atoms with van der Waals surface area (Å²) in [6.45, 7) is 0.392. The molecule has 150 valence electrons. The Morgan fingerprint density at radius 1 is 1.03 bits per heavy atom. The molecule has 4 N–H and O–H groups in total. The highest BCUT2D eigenvalue weighted by molar-refractivity contribution is 5.95. The van der Waals surface area contributed by atoms with Gasteiger partial charge in [0, 0.05) is 25.2 Å². The summed E-state index contributed by atoms with van der Waals surface area (Å²) >= 11 is 0. The van der Waals surface area contributed by atoms with Gasteiger partial charge in [-0.05, 0) is 35.7 Å². The Bertz CT molecular complexity index is 950.